The van der Waals surface area contributed by atoms with Crippen LogP contribution in [-0.2, 0) is 13.7 Å². The summed E-state index contributed by atoms with van der Waals surface area (Å²) in [6.07, 6.45) is 1.37. The van der Waals surface area contributed by atoms with Gasteiger partial charge in [0, 0.05) is 13.2 Å². The number of hydrogen-bond donors (Lipinski definition) is 1. The Labute approximate surface area is 102 Å². The third kappa shape index (κ3) is 2.45. The highest BCUT2D eigenvalue weighted by Crippen LogP contribution is 2.28. The van der Waals surface area contributed by atoms with Crippen LogP contribution in [0.2, 0.25) is 0 Å². The van der Waals surface area contributed by atoms with Crippen LogP contribution in [0.1, 0.15) is 5.69 Å². The van der Waals surface area contributed by atoms with E-state index >= 15 is 0 Å². The Balaban J connectivity index is 2.46. The molecule has 0 amide bonds. The standard InChI is InChI=1S/C11H11F2N3O2/c1-16-9(5-7(6-17)15-16)8-3-2-4-14-10(8)18-11(12)13/h2-5,11,17H,6H2,1H3. The van der Waals surface area contributed by atoms with Gasteiger partial charge in [0.1, 0.15) is 0 Å². The third-order valence-electron chi connectivity index (χ3n) is 2.34. The number of aromatic nitrogens is 3. The Morgan fingerprint density at radius 3 is 2.89 bits per heavy atom. The molecule has 0 atom stereocenters. The number of nitrogens with zero attached hydrogens (tertiary/aromatic N) is 3. The molecule has 5 nitrogen and oxygen atoms in total. The zero-order valence-corrected chi connectivity index (χ0v) is 9.55. The zero-order valence-electron chi connectivity index (χ0n) is 9.55. The topological polar surface area (TPSA) is 60.2 Å². The summed E-state index contributed by atoms with van der Waals surface area (Å²) < 4.78 is 30.3. The van der Waals surface area contributed by atoms with Crippen LogP contribution in [0.3, 0.4) is 0 Å². The average Bonchev–Trinajstić information content (AvgIpc) is 2.70. The predicted molar refractivity (Wildman–Crippen MR) is 59.0 cm³/mol. The van der Waals surface area contributed by atoms with Crippen LogP contribution < -0.4 is 4.74 Å². The van der Waals surface area contributed by atoms with Gasteiger partial charge in [0.25, 0.3) is 0 Å². The fourth-order valence-corrected chi connectivity index (χ4v) is 1.62. The number of pyridine rings is 1. The molecule has 0 bridgehead atoms. The van der Waals surface area contributed by atoms with Crippen molar-refractivity contribution in [3.05, 3.63) is 30.1 Å². The van der Waals surface area contributed by atoms with Gasteiger partial charge >= 0.3 is 6.61 Å². The van der Waals surface area contributed by atoms with Crippen LogP contribution in [0.5, 0.6) is 5.88 Å². The lowest BCUT2D eigenvalue weighted by atomic mass is 10.2. The number of rotatable bonds is 4. The number of halogens is 2. The smallest absolute Gasteiger partial charge is 0.388 e. The molecule has 0 aliphatic rings. The molecule has 7 heteroatoms. The molecule has 0 aliphatic carbocycles. The molecular formula is C11H11F2N3O2. The third-order valence-corrected chi connectivity index (χ3v) is 2.34. The van der Waals surface area contributed by atoms with Crippen LogP contribution >= 0.6 is 0 Å². The summed E-state index contributed by atoms with van der Waals surface area (Å²) in [5.41, 5.74) is 1.38. The van der Waals surface area contributed by atoms with Crippen molar-refractivity contribution < 1.29 is 18.6 Å². The molecule has 0 aromatic carbocycles. The number of aryl methyl sites for hydroxylation is 1. The van der Waals surface area contributed by atoms with Crippen LogP contribution in [0.15, 0.2) is 24.4 Å². The van der Waals surface area contributed by atoms with E-state index in [-0.39, 0.29) is 12.5 Å². The molecule has 2 aromatic heterocycles. The van der Waals surface area contributed by atoms with Crippen molar-refractivity contribution in [1.29, 1.82) is 0 Å². The highest BCUT2D eigenvalue weighted by Gasteiger charge is 2.15. The van der Waals surface area contributed by atoms with Crippen molar-refractivity contribution in [2.75, 3.05) is 0 Å². The van der Waals surface area contributed by atoms with Crippen molar-refractivity contribution in [2.45, 2.75) is 13.2 Å². The van der Waals surface area contributed by atoms with Gasteiger partial charge < -0.3 is 9.84 Å². The lowest BCUT2D eigenvalue weighted by Gasteiger charge is -2.08. The molecule has 0 fully saturated rings. The molecule has 18 heavy (non-hydrogen) atoms. The minimum atomic E-state index is -2.94. The van der Waals surface area contributed by atoms with E-state index in [4.69, 9.17) is 5.11 Å². The van der Waals surface area contributed by atoms with Gasteiger partial charge in [-0.25, -0.2) is 4.98 Å². The predicted octanol–water partition coefficient (Wildman–Crippen LogP) is 1.58. The number of hydrogen-bond acceptors (Lipinski definition) is 4. The molecule has 0 saturated carbocycles. The molecule has 0 radical (unpaired) electrons. The highest BCUT2D eigenvalue weighted by molar-refractivity contribution is 5.65. The maximum Gasteiger partial charge on any atom is 0.388 e. The first-order valence-corrected chi connectivity index (χ1v) is 5.15. The van der Waals surface area contributed by atoms with E-state index in [0.717, 1.165) is 0 Å². The van der Waals surface area contributed by atoms with E-state index in [0.29, 0.717) is 17.0 Å². The Hall–Kier alpha value is -2.02. The molecule has 2 aromatic rings. The number of aliphatic hydroxyl groups is 1. The summed E-state index contributed by atoms with van der Waals surface area (Å²) in [6.45, 7) is -3.16. The van der Waals surface area contributed by atoms with Gasteiger partial charge in [-0.1, -0.05) is 0 Å². The van der Waals surface area contributed by atoms with Gasteiger partial charge in [-0.3, -0.25) is 4.68 Å². The quantitative estimate of drug-likeness (QED) is 0.901. The summed E-state index contributed by atoms with van der Waals surface area (Å²) in [6, 6.07) is 4.80. The fourth-order valence-electron chi connectivity index (χ4n) is 1.62. The summed E-state index contributed by atoms with van der Waals surface area (Å²) >= 11 is 0. The summed E-state index contributed by atoms with van der Waals surface area (Å²) in [5.74, 6) is -0.167. The van der Waals surface area contributed by atoms with Crippen LogP contribution in [-0.4, -0.2) is 26.5 Å². The Morgan fingerprint density at radius 1 is 1.50 bits per heavy atom. The average molecular weight is 255 g/mol. The fraction of sp³-hybridized carbons (Fsp3) is 0.273. The second-order valence-electron chi connectivity index (χ2n) is 3.54. The van der Waals surface area contributed by atoms with Crippen LogP contribution in [0.4, 0.5) is 8.78 Å². The van der Waals surface area contributed by atoms with E-state index < -0.39 is 6.61 Å². The van der Waals surface area contributed by atoms with Gasteiger partial charge in [0.15, 0.2) is 0 Å². The first kappa shape index (κ1) is 12.4. The Kier molecular flexibility index (Phi) is 3.52. The number of ether oxygens (including phenoxy) is 1. The van der Waals surface area contributed by atoms with Crippen molar-refractivity contribution in [3.8, 4) is 17.1 Å². The van der Waals surface area contributed by atoms with E-state index in [9.17, 15) is 8.78 Å². The molecule has 96 valence electrons. The van der Waals surface area contributed by atoms with Gasteiger partial charge in [0.05, 0.1) is 23.6 Å². The normalized spacial score (nSPS) is 10.9. The molecule has 0 unspecified atom stereocenters. The molecule has 0 aliphatic heterocycles. The number of alkyl halides is 2. The lowest BCUT2D eigenvalue weighted by molar-refractivity contribution is -0.0524. The van der Waals surface area contributed by atoms with Gasteiger partial charge in [0.2, 0.25) is 5.88 Å². The first-order valence-electron chi connectivity index (χ1n) is 5.15. The maximum atomic E-state index is 12.3. The monoisotopic (exact) mass is 255 g/mol. The summed E-state index contributed by atoms with van der Waals surface area (Å²) in [4.78, 5) is 3.77. The minimum absolute atomic E-state index is 0.167. The lowest BCUT2D eigenvalue weighted by Crippen LogP contribution is -2.05. The zero-order chi connectivity index (χ0) is 13.1. The largest absolute Gasteiger partial charge is 0.416 e. The van der Waals surface area contributed by atoms with Crippen molar-refractivity contribution in [3.63, 3.8) is 0 Å². The van der Waals surface area contributed by atoms with Gasteiger partial charge in [-0.15, -0.1) is 0 Å². The minimum Gasteiger partial charge on any atom is -0.416 e. The van der Waals surface area contributed by atoms with E-state index in [1.165, 1.54) is 10.9 Å². The van der Waals surface area contributed by atoms with Crippen molar-refractivity contribution >= 4 is 0 Å². The summed E-state index contributed by atoms with van der Waals surface area (Å²) in [5, 5.41) is 13.0. The molecule has 2 rings (SSSR count). The van der Waals surface area contributed by atoms with E-state index in [1.807, 2.05) is 0 Å². The second kappa shape index (κ2) is 5.09. The number of aliphatic hydroxyl groups excluding tert-OH is 1. The van der Waals surface area contributed by atoms with Crippen LogP contribution in [0.25, 0.3) is 11.3 Å². The summed E-state index contributed by atoms with van der Waals surface area (Å²) in [7, 11) is 1.65. The Morgan fingerprint density at radius 2 is 2.28 bits per heavy atom. The highest BCUT2D eigenvalue weighted by atomic mass is 19.3. The van der Waals surface area contributed by atoms with Gasteiger partial charge in [-0.2, -0.15) is 13.9 Å². The molecule has 1 N–H and O–H groups in total. The molecule has 0 spiro atoms. The van der Waals surface area contributed by atoms with Crippen LogP contribution in [0, 0.1) is 0 Å². The molecule has 2 heterocycles. The maximum absolute atomic E-state index is 12.3. The van der Waals surface area contributed by atoms with Gasteiger partial charge in [-0.05, 0) is 18.2 Å². The SMILES string of the molecule is Cn1nc(CO)cc1-c1cccnc1OC(F)F. The molecule has 0 saturated heterocycles. The van der Waals surface area contributed by atoms with Crippen molar-refractivity contribution in [1.82, 2.24) is 14.8 Å². The Bertz CT molecular complexity index is 543. The van der Waals surface area contributed by atoms with Crippen molar-refractivity contribution in [2.24, 2.45) is 7.05 Å². The second-order valence-corrected chi connectivity index (χ2v) is 3.54. The first-order chi connectivity index (χ1) is 8.61. The van der Waals surface area contributed by atoms with E-state index in [2.05, 4.69) is 14.8 Å². The molecular weight excluding hydrogens is 244 g/mol. The van der Waals surface area contributed by atoms with E-state index in [1.54, 1.807) is 25.2 Å².